The van der Waals surface area contributed by atoms with Crippen molar-refractivity contribution in [3.8, 4) is 16.9 Å². The van der Waals surface area contributed by atoms with E-state index in [2.05, 4.69) is 14.7 Å². The Morgan fingerprint density at radius 3 is 2.61 bits per heavy atom. The second-order valence-electron chi connectivity index (χ2n) is 7.40. The van der Waals surface area contributed by atoms with Gasteiger partial charge in [-0.2, -0.15) is 0 Å². The minimum absolute atomic E-state index is 0.270. The molecule has 2 heterocycles. The largest absolute Gasteiger partial charge is 0.490 e. The minimum atomic E-state index is -3.20. The summed E-state index contributed by atoms with van der Waals surface area (Å²) < 4.78 is 31.4. The van der Waals surface area contributed by atoms with Gasteiger partial charge in [-0.05, 0) is 42.9 Å². The molecule has 0 atom stereocenters. The van der Waals surface area contributed by atoms with Crippen molar-refractivity contribution in [1.29, 1.82) is 0 Å². The van der Waals surface area contributed by atoms with E-state index in [1.165, 1.54) is 19.3 Å². The van der Waals surface area contributed by atoms with Gasteiger partial charge < -0.3 is 9.72 Å². The van der Waals surface area contributed by atoms with E-state index in [1.54, 1.807) is 6.20 Å². The van der Waals surface area contributed by atoms with Gasteiger partial charge in [-0.25, -0.2) is 18.1 Å². The molecule has 4 rings (SSSR count). The van der Waals surface area contributed by atoms with Gasteiger partial charge in [0.05, 0.1) is 17.7 Å². The number of nitrogens with zero attached hydrogens (tertiary/aromatic N) is 1. The zero-order valence-corrected chi connectivity index (χ0v) is 16.8. The first-order valence-corrected chi connectivity index (χ1v) is 11.6. The van der Waals surface area contributed by atoms with E-state index < -0.39 is 10.0 Å². The van der Waals surface area contributed by atoms with E-state index in [9.17, 15) is 8.42 Å². The number of pyridine rings is 1. The highest BCUT2D eigenvalue weighted by molar-refractivity contribution is 7.88. The highest BCUT2D eigenvalue weighted by atomic mass is 32.2. The zero-order valence-electron chi connectivity index (χ0n) is 15.9. The Kier molecular flexibility index (Phi) is 5.37. The van der Waals surface area contributed by atoms with Crippen LogP contribution in [0, 0.1) is 0 Å². The molecule has 0 aliphatic heterocycles. The van der Waals surface area contributed by atoms with Crippen LogP contribution < -0.4 is 9.46 Å². The number of benzene rings is 1. The number of rotatable bonds is 6. The van der Waals surface area contributed by atoms with Crippen LogP contribution in [0.15, 0.2) is 42.7 Å². The van der Waals surface area contributed by atoms with Gasteiger partial charge in [0, 0.05) is 24.5 Å². The number of H-pyrrole nitrogens is 1. The quantitative estimate of drug-likeness (QED) is 0.656. The number of sulfonamides is 1. The number of fused-ring (bicyclic) bond motifs is 1. The third-order valence-corrected chi connectivity index (χ3v) is 5.85. The topological polar surface area (TPSA) is 84.1 Å². The number of hydrogen-bond acceptors (Lipinski definition) is 4. The van der Waals surface area contributed by atoms with Crippen molar-refractivity contribution in [1.82, 2.24) is 14.7 Å². The first-order valence-electron chi connectivity index (χ1n) is 9.66. The van der Waals surface area contributed by atoms with Crippen LogP contribution in [0.5, 0.6) is 5.75 Å². The molecule has 0 radical (unpaired) electrons. The highest BCUT2D eigenvalue weighted by Crippen LogP contribution is 2.36. The van der Waals surface area contributed by atoms with Crippen molar-refractivity contribution in [2.45, 2.75) is 44.8 Å². The molecule has 3 aromatic rings. The highest BCUT2D eigenvalue weighted by Gasteiger charge is 2.18. The minimum Gasteiger partial charge on any atom is -0.490 e. The number of aromatic nitrogens is 2. The van der Waals surface area contributed by atoms with Gasteiger partial charge in [0.25, 0.3) is 0 Å². The standard InChI is InChI=1S/C21H25N3O3S/c1-28(25,26)24-13-15-7-9-16(10-8-15)18-14-23-21-20(18)19(11-12-22-21)27-17-5-3-2-4-6-17/h7-12,14,17,24H,2-6,13H2,1H3,(H,22,23). The monoisotopic (exact) mass is 399 g/mol. The summed E-state index contributed by atoms with van der Waals surface area (Å²) in [5.41, 5.74) is 3.80. The summed E-state index contributed by atoms with van der Waals surface area (Å²) in [5.74, 6) is 0.871. The van der Waals surface area contributed by atoms with E-state index >= 15 is 0 Å². The normalized spacial score (nSPS) is 15.8. The van der Waals surface area contributed by atoms with Crippen LogP contribution in [0.2, 0.25) is 0 Å². The summed E-state index contributed by atoms with van der Waals surface area (Å²) in [7, 11) is -3.20. The second-order valence-corrected chi connectivity index (χ2v) is 9.24. The van der Waals surface area contributed by atoms with E-state index in [1.807, 2.05) is 36.5 Å². The number of nitrogens with one attached hydrogen (secondary N) is 2. The summed E-state index contributed by atoms with van der Waals surface area (Å²) in [6.07, 6.45) is 11.1. The molecule has 1 saturated carbocycles. The molecule has 0 spiro atoms. The molecule has 0 saturated heterocycles. The Bertz CT molecular complexity index is 1050. The third-order valence-electron chi connectivity index (χ3n) is 5.18. The molecule has 1 aromatic carbocycles. The molecule has 6 nitrogen and oxygen atoms in total. The Hall–Kier alpha value is -2.38. The van der Waals surface area contributed by atoms with Crippen LogP contribution in [0.25, 0.3) is 22.2 Å². The summed E-state index contributed by atoms with van der Waals surface area (Å²) >= 11 is 0. The van der Waals surface area contributed by atoms with Gasteiger partial charge in [-0.1, -0.05) is 30.7 Å². The van der Waals surface area contributed by atoms with Crippen LogP contribution in [0.1, 0.15) is 37.7 Å². The van der Waals surface area contributed by atoms with Crippen LogP contribution in [-0.2, 0) is 16.6 Å². The fourth-order valence-electron chi connectivity index (χ4n) is 3.73. The van der Waals surface area contributed by atoms with Crippen molar-refractivity contribution in [3.05, 3.63) is 48.3 Å². The first-order chi connectivity index (χ1) is 13.5. The van der Waals surface area contributed by atoms with Crippen LogP contribution >= 0.6 is 0 Å². The summed E-state index contributed by atoms with van der Waals surface area (Å²) in [6.45, 7) is 0.282. The van der Waals surface area contributed by atoms with Crippen LogP contribution in [0.4, 0.5) is 0 Å². The van der Waals surface area contributed by atoms with Crippen LogP contribution in [0.3, 0.4) is 0 Å². The van der Waals surface area contributed by atoms with Crippen molar-refractivity contribution in [2.75, 3.05) is 6.26 Å². The molecule has 0 unspecified atom stereocenters. The van der Waals surface area contributed by atoms with Crippen LogP contribution in [-0.4, -0.2) is 30.7 Å². The molecule has 0 bridgehead atoms. The van der Waals surface area contributed by atoms with E-state index in [4.69, 9.17) is 4.74 Å². The van der Waals surface area contributed by atoms with Gasteiger partial charge in [0.15, 0.2) is 0 Å². The molecule has 28 heavy (non-hydrogen) atoms. The molecule has 1 fully saturated rings. The third kappa shape index (κ3) is 4.36. The number of aromatic amines is 1. The van der Waals surface area contributed by atoms with Gasteiger partial charge >= 0.3 is 0 Å². The average Bonchev–Trinajstić information content (AvgIpc) is 3.12. The fraction of sp³-hybridized carbons (Fsp3) is 0.381. The van der Waals surface area contributed by atoms with Crippen molar-refractivity contribution < 1.29 is 13.2 Å². The summed E-state index contributed by atoms with van der Waals surface area (Å²) in [5, 5.41) is 0.995. The molecule has 0 amide bonds. The van der Waals surface area contributed by atoms with Crippen molar-refractivity contribution in [2.24, 2.45) is 0 Å². The fourth-order valence-corrected chi connectivity index (χ4v) is 4.16. The maximum atomic E-state index is 11.3. The maximum Gasteiger partial charge on any atom is 0.209 e. The van der Waals surface area contributed by atoms with Gasteiger partial charge in [-0.3, -0.25) is 0 Å². The Balaban J connectivity index is 1.61. The number of hydrogen-bond donors (Lipinski definition) is 2. The van der Waals surface area contributed by atoms with E-state index in [0.717, 1.165) is 52.6 Å². The second kappa shape index (κ2) is 7.93. The SMILES string of the molecule is CS(=O)(=O)NCc1ccc(-c2c[nH]c3nccc(OC4CCCCC4)c23)cc1. The van der Waals surface area contributed by atoms with Crippen molar-refractivity contribution >= 4 is 21.1 Å². The smallest absolute Gasteiger partial charge is 0.209 e. The molecule has 7 heteroatoms. The van der Waals surface area contributed by atoms with E-state index in [0.29, 0.717) is 0 Å². The average molecular weight is 400 g/mol. The lowest BCUT2D eigenvalue weighted by Gasteiger charge is -2.23. The van der Waals surface area contributed by atoms with Crippen molar-refractivity contribution in [3.63, 3.8) is 0 Å². The van der Waals surface area contributed by atoms with Gasteiger partial charge in [0.2, 0.25) is 10.0 Å². The van der Waals surface area contributed by atoms with E-state index in [-0.39, 0.29) is 12.6 Å². The number of ether oxygens (including phenoxy) is 1. The molecule has 148 valence electrons. The molecular formula is C21H25N3O3S. The molecule has 2 aromatic heterocycles. The predicted molar refractivity (Wildman–Crippen MR) is 111 cm³/mol. The molecule has 1 aliphatic rings. The maximum absolute atomic E-state index is 11.3. The molecular weight excluding hydrogens is 374 g/mol. The zero-order chi connectivity index (χ0) is 19.6. The molecule has 1 aliphatic carbocycles. The first kappa shape index (κ1) is 19.0. The lowest BCUT2D eigenvalue weighted by Crippen LogP contribution is -2.21. The Morgan fingerprint density at radius 1 is 1.14 bits per heavy atom. The van der Waals surface area contributed by atoms with Gasteiger partial charge in [-0.15, -0.1) is 0 Å². The lowest BCUT2D eigenvalue weighted by atomic mass is 9.97. The summed E-state index contributed by atoms with van der Waals surface area (Å²) in [4.78, 5) is 7.68. The van der Waals surface area contributed by atoms with Gasteiger partial charge in [0.1, 0.15) is 11.4 Å². The Labute approximate surface area is 165 Å². The summed E-state index contributed by atoms with van der Waals surface area (Å²) in [6, 6.07) is 9.81. The molecule has 2 N–H and O–H groups in total. The predicted octanol–water partition coefficient (Wildman–Crippen LogP) is 3.99. The lowest BCUT2D eigenvalue weighted by molar-refractivity contribution is 0.157. The Morgan fingerprint density at radius 2 is 1.89 bits per heavy atom.